The van der Waals surface area contributed by atoms with Gasteiger partial charge in [0.05, 0.1) is 10.5 Å². The number of rotatable bonds is 4. The Morgan fingerprint density at radius 1 is 1.18 bits per heavy atom. The third-order valence-electron chi connectivity index (χ3n) is 3.38. The largest absolute Gasteiger partial charge is 0.390 e. The molecule has 0 spiro atoms. The van der Waals surface area contributed by atoms with Crippen molar-refractivity contribution < 1.29 is 18.1 Å². The summed E-state index contributed by atoms with van der Waals surface area (Å²) in [7, 11) is -4.11. The predicted octanol–water partition coefficient (Wildman–Crippen LogP) is 1.78. The lowest BCUT2D eigenvalue weighted by Crippen LogP contribution is -2.36. The molecule has 0 radical (unpaired) electrons. The lowest BCUT2D eigenvalue weighted by atomic mass is 9.76. The van der Waals surface area contributed by atoms with Crippen molar-refractivity contribution in [3.8, 4) is 0 Å². The Labute approximate surface area is 101 Å². The maximum absolute atomic E-state index is 10.8. The average molecular weight is 256 g/mol. The van der Waals surface area contributed by atoms with Gasteiger partial charge in [-0.3, -0.25) is 4.55 Å². The molecule has 2 rings (SSSR count). The molecule has 1 fully saturated rings. The summed E-state index contributed by atoms with van der Waals surface area (Å²) < 4.78 is 30.5. The van der Waals surface area contributed by atoms with E-state index in [0.717, 1.165) is 31.2 Å². The molecule has 0 heterocycles. The lowest BCUT2D eigenvalue weighted by molar-refractivity contribution is -0.0397. The van der Waals surface area contributed by atoms with E-state index < -0.39 is 15.7 Å². The molecule has 1 aromatic carbocycles. The Balaban J connectivity index is 1.99. The number of hydrogen-bond acceptors (Lipinski definition) is 3. The van der Waals surface area contributed by atoms with Crippen LogP contribution < -0.4 is 0 Å². The summed E-state index contributed by atoms with van der Waals surface area (Å²) in [6.07, 6.45) is 4.23. The Bertz CT molecular complexity index is 486. The van der Waals surface area contributed by atoms with Crippen LogP contribution in [0.4, 0.5) is 0 Å². The smallest absolute Gasteiger partial charge is 0.294 e. The summed E-state index contributed by atoms with van der Waals surface area (Å²) in [5.74, 6) is 0. The Morgan fingerprint density at radius 3 is 2.18 bits per heavy atom. The fourth-order valence-electron chi connectivity index (χ4n) is 2.04. The van der Waals surface area contributed by atoms with E-state index in [2.05, 4.69) is 0 Å². The van der Waals surface area contributed by atoms with Gasteiger partial charge in [0.15, 0.2) is 0 Å². The third-order valence-corrected chi connectivity index (χ3v) is 4.25. The maximum Gasteiger partial charge on any atom is 0.294 e. The molecule has 17 heavy (non-hydrogen) atoms. The van der Waals surface area contributed by atoms with E-state index in [9.17, 15) is 13.5 Å². The molecule has 2 N–H and O–H groups in total. The van der Waals surface area contributed by atoms with E-state index in [1.165, 1.54) is 12.1 Å². The van der Waals surface area contributed by atoms with Gasteiger partial charge in [0.1, 0.15) is 0 Å². The van der Waals surface area contributed by atoms with Crippen LogP contribution in [0.15, 0.2) is 29.2 Å². The van der Waals surface area contributed by atoms with Gasteiger partial charge in [-0.25, -0.2) is 0 Å². The third kappa shape index (κ3) is 3.06. The van der Waals surface area contributed by atoms with Crippen molar-refractivity contribution in [1.29, 1.82) is 0 Å². The molecule has 4 nitrogen and oxygen atoms in total. The van der Waals surface area contributed by atoms with Gasteiger partial charge in [0.2, 0.25) is 0 Å². The standard InChI is InChI=1S/C12H16O4S/c13-12(7-1-8-12)9-6-10-2-4-11(5-3-10)17(14,15)16/h2-5,13H,1,6-9H2,(H,14,15,16). The molecule has 1 aliphatic rings. The van der Waals surface area contributed by atoms with Crippen LogP contribution in [0.3, 0.4) is 0 Å². The van der Waals surface area contributed by atoms with E-state index >= 15 is 0 Å². The lowest BCUT2D eigenvalue weighted by Gasteiger charge is -2.36. The molecular formula is C12H16O4S. The van der Waals surface area contributed by atoms with Crippen molar-refractivity contribution in [2.45, 2.75) is 42.6 Å². The fraction of sp³-hybridized carbons (Fsp3) is 0.500. The van der Waals surface area contributed by atoms with Gasteiger partial charge in [-0.15, -0.1) is 0 Å². The zero-order chi connectivity index (χ0) is 12.5. The number of hydrogen-bond donors (Lipinski definition) is 2. The molecular weight excluding hydrogens is 240 g/mol. The second kappa shape index (κ2) is 4.40. The van der Waals surface area contributed by atoms with Crippen LogP contribution in [0.2, 0.25) is 0 Å². The minimum Gasteiger partial charge on any atom is -0.390 e. The van der Waals surface area contributed by atoms with Crippen molar-refractivity contribution in [1.82, 2.24) is 0 Å². The minimum atomic E-state index is -4.11. The normalized spacial score (nSPS) is 18.7. The highest BCUT2D eigenvalue weighted by molar-refractivity contribution is 7.85. The monoisotopic (exact) mass is 256 g/mol. The molecule has 0 amide bonds. The van der Waals surface area contributed by atoms with Crippen LogP contribution in [0.1, 0.15) is 31.2 Å². The topological polar surface area (TPSA) is 74.6 Å². The molecule has 0 atom stereocenters. The quantitative estimate of drug-likeness (QED) is 0.805. The van der Waals surface area contributed by atoms with Gasteiger partial charge < -0.3 is 5.11 Å². The summed E-state index contributed by atoms with van der Waals surface area (Å²) in [6, 6.07) is 6.11. The van der Waals surface area contributed by atoms with Crippen LogP contribution in [0, 0.1) is 0 Å². The van der Waals surface area contributed by atoms with Gasteiger partial charge in [-0.1, -0.05) is 12.1 Å². The van der Waals surface area contributed by atoms with Crippen LogP contribution in [0.5, 0.6) is 0 Å². The van der Waals surface area contributed by atoms with Gasteiger partial charge in [-0.2, -0.15) is 8.42 Å². The van der Waals surface area contributed by atoms with Crippen LogP contribution in [-0.4, -0.2) is 23.7 Å². The fourth-order valence-corrected chi connectivity index (χ4v) is 2.52. The van der Waals surface area contributed by atoms with Gasteiger partial charge in [0.25, 0.3) is 10.1 Å². The number of aliphatic hydroxyl groups is 1. The molecule has 1 aliphatic carbocycles. The zero-order valence-electron chi connectivity index (χ0n) is 9.46. The molecule has 1 aromatic rings. The van der Waals surface area contributed by atoms with E-state index in [1.54, 1.807) is 12.1 Å². The van der Waals surface area contributed by atoms with Crippen LogP contribution >= 0.6 is 0 Å². The van der Waals surface area contributed by atoms with Crippen LogP contribution in [0.25, 0.3) is 0 Å². The Kier molecular flexibility index (Phi) is 3.25. The van der Waals surface area contributed by atoms with Gasteiger partial charge in [0, 0.05) is 0 Å². The van der Waals surface area contributed by atoms with Crippen molar-refractivity contribution in [3.05, 3.63) is 29.8 Å². The summed E-state index contributed by atoms with van der Waals surface area (Å²) in [5.41, 5.74) is 0.458. The second-order valence-corrected chi connectivity index (χ2v) is 6.12. The molecule has 0 aromatic heterocycles. The highest BCUT2D eigenvalue weighted by atomic mass is 32.2. The van der Waals surface area contributed by atoms with Crippen molar-refractivity contribution in [2.75, 3.05) is 0 Å². The Hall–Kier alpha value is -0.910. The molecule has 0 unspecified atom stereocenters. The average Bonchev–Trinajstić information content (AvgIpc) is 2.23. The van der Waals surface area contributed by atoms with E-state index in [4.69, 9.17) is 4.55 Å². The van der Waals surface area contributed by atoms with Crippen molar-refractivity contribution >= 4 is 10.1 Å². The van der Waals surface area contributed by atoms with E-state index in [0.29, 0.717) is 6.42 Å². The summed E-state index contributed by atoms with van der Waals surface area (Å²) in [4.78, 5) is -0.0939. The number of benzene rings is 1. The SMILES string of the molecule is O=S(=O)(O)c1ccc(CCC2(O)CCC2)cc1. The minimum absolute atomic E-state index is 0.0939. The molecule has 0 aliphatic heterocycles. The van der Waals surface area contributed by atoms with Crippen molar-refractivity contribution in [2.24, 2.45) is 0 Å². The van der Waals surface area contributed by atoms with E-state index in [1.807, 2.05) is 0 Å². The number of aryl methyl sites for hydroxylation is 1. The zero-order valence-corrected chi connectivity index (χ0v) is 10.3. The first-order valence-electron chi connectivity index (χ1n) is 5.68. The Morgan fingerprint density at radius 2 is 1.76 bits per heavy atom. The molecule has 94 valence electrons. The molecule has 0 saturated heterocycles. The molecule has 1 saturated carbocycles. The van der Waals surface area contributed by atoms with Crippen LogP contribution in [-0.2, 0) is 16.5 Å². The highest BCUT2D eigenvalue weighted by Gasteiger charge is 2.33. The highest BCUT2D eigenvalue weighted by Crippen LogP contribution is 2.35. The first kappa shape index (κ1) is 12.5. The van der Waals surface area contributed by atoms with E-state index in [-0.39, 0.29) is 4.90 Å². The molecule has 0 bridgehead atoms. The first-order chi connectivity index (χ1) is 7.89. The molecule has 5 heteroatoms. The summed E-state index contributed by atoms with van der Waals surface area (Å²) in [5, 5.41) is 9.92. The van der Waals surface area contributed by atoms with Gasteiger partial charge >= 0.3 is 0 Å². The first-order valence-corrected chi connectivity index (χ1v) is 7.12. The predicted molar refractivity (Wildman–Crippen MR) is 63.4 cm³/mol. The van der Waals surface area contributed by atoms with Gasteiger partial charge in [-0.05, 0) is 49.8 Å². The summed E-state index contributed by atoms with van der Waals surface area (Å²) >= 11 is 0. The van der Waals surface area contributed by atoms with Crippen molar-refractivity contribution in [3.63, 3.8) is 0 Å². The second-order valence-electron chi connectivity index (χ2n) is 4.70. The maximum atomic E-state index is 10.8. The summed E-state index contributed by atoms with van der Waals surface area (Å²) in [6.45, 7) is 0.